The average molecular weight is 375 g/mol. The van der Waals surface area contributed by atoms with Crippen LogP contribution in [0.15, 0.2) is 36.9 Å². The van der Waals surface area contributed by atoms with Crippen LogP contribution < -0.4 is 10.1 Å². The Morgan fingerprint density at radius 3 is 2.38 bits per heavy atom. The van der Waals surface area contributed by atoms with Crippen molar-refractivity contribution < 1.29 is 37.0 Å². The van der Waals surface area contributed by atoms with Gasteiger partial charge in [0.25, 0.3) is 5.91 Å². The molecule has 0 aliphatic rings. The summed E-state index contributed by atoms with van der Waals surface area (Å²) in [5.41, 5.74) is 0.557. The Hall–Kier alpha value is -2.55. The Bertz CT molecular complexity index is 616. The number of rotatable bonds is 9. The van der Waals surface area contributed by atoms with Crippen LogP contribution in [0.2, 0.25) is 0 Å². The second-order valence-electron chi connectivity index (χ2n) is 5.28. The quantitative estimate of drug-likeness (QED) is 0.531. The number of carbonyl (C=O) groups excluding carboxylic acids is 2. The summed E-state index contributed by atoms with van der Waals surface area (Å²) in [7, 11) is 0. The highest BCUT2D eigenvalue weighted by Crippen LogP contribution is 2.24. The highest BCUT2D eigenvalue weighted by atomic mass is 19.4. The number of esters is 1. The normalized spacial score (nSPS) is 13.4. The SMILES string of the molecule is C=CCOC(C)C(=O)OCC(=O)NC(C)c1ccc(OC(F)(F)F)cc1. The van der Waals surface area contributed by atoms with Crippen molar-refractivity contribution in [2.24, 2.45) is 0 Å². The lowest BCUT2D eigenvalue weighted by atomic mass is 10.1. The molecule has 26 heavy (non-hydrogen) atoms. The number of benzene rings is 1. The molecule has 2 unspecified atom stereocenters. The fourth-order valence-corrected chi connectivity index (χ4v) is 1.86. The largest absolute Gasteiger partial charge is 0.573 e. The number of halogens is 3. The molecule has 1 aromatic rings. The summed E-state index contributed by atoms with van der Waals surface area (Å²) in [6.07, 6.45) is -4.12. The van der Waals surface area contributed by atoms with Gasteiger partial charge in [-0.25, -0.2) is 4.79 Å². The van der Waals surface area contributed by atoms with Crippen molar-refractivity contribution in [1.82, 2.24) is 5.32 Å². The number of nitrogens with one attached hydrogen (secondary N) is 1. The van der Waals surface area contributed by atoms with E-state index < -0.39 is 37.0 Å². The Kier molecular flexibility index (Phi) is 8.11. The van der Waals surface area contributed by atoms with Crippen LogP contribution in [0.25, 0.3) is 0 Å². The van der Waals surface area contributed by atoms with Crippen molar-refractivity contribution in [2.45, 2.75) is 32.4 Å². The monoisotopic (exact) mass is 375 g/mol. The van der Waals surface area contributed by atoms with E-state index in [1.54, 1.807) is 6.92 Å². The smallest absolute Gasteiger partial charge is 0.454 e. The molecule has 0 saturated heterocycles. The van der Waals surface area contributed by atoms with E-state index in [0.717, 1.165) is 12.1 Å². The number of amides is 1. The zero-order valence-corrected chi connectivity index (χ0v) is 14.3. The maximum Gasteiger partial charge on any atom is 0.573 e. The molecule has 0 aliphatic heterocycles. The van der Waals surface area contributed by atoms with Crippen LogP contribution in [0, 0.1) is 0 Å². The van der Waals surface area contributed by atoms with Crippen molar-refractivity contribution in [1.29, 1.82) is 0 Å². The van der Waals surface area contributed by atoms with Crippen molar-refractivity contribution in [3.8, 4) is 5.75 Å². The van der Waals surface area contributed by atoms with Crippen LogP contribution >= 0.6 is 0 Å². The summed E-state index contributed by atoms with van der Waals surface area (Å²) in [5, 5.41) is 2.57. The van der Waals surface area contributed by atoms with E-state index in [4.69, 9.17) is 9.47 Å². The van der Waals surface area contributed by atoms with Crippen LogP contribution in [-0.2, 0) is 19.1 Å². The van der Waals surface area contributed by atoms with Gasteiger partial charge < -0.3 is 19.5 Å². The molecular weight excluding hydrogens is 355 g/mol. The van der Waals surface area contributed by atoms with E-state index in [1.807, 2.05) is 0 Å². The van der Waals surface area contributed by atoms with Gasteiger partial charge in [0.15, 0.2) is 12.7 Å². The Morgan fingerprint density at radius 1 is 1.23 bits per heavy atom. The molecule has 0 aliphatic carbocycles. The van der Waals surface area contributed by atoms with Gasteiger partial charge in [0.2, 0.25) is 0 Å². The first-order valence-corrected chi connectivity index (χ1v) is 7.66. The van der Waals surface area contributed by atoms with Crippen molar-refractivity contribution in [3.63, 3.8) is 0 Å². The van der Waals surface area contributed by atoms with Crippen molar-refractivity contribution >= 4 is 11.9 Å². The molecule has 1 aromatic carbocycles. The highest BCUT2D eigenvalue weighted by molar-refractivity contribution is 5.82. The second-order valence-corrected chi connectivity index (χ2v) is 5.28. The van der Waals surface area contributed by atoms with Gasteiger partial charge in [0.05, 0.1) is 12.6 Å². The van der Waals surface area contributed by atoms with Crippen molar-refractivity contribution in [2.75, 3.05) is 13.2 Å². The standard InChI is InChI=1S/C17H20F3NO5/c1-4-9-24-12(3)16(23)25-10-15(22)21-11(2)13-5-7-14(8-6-13)26-17(18,19)20/h4-8,11-12H,1,9-10H2,2-3H3,(H,21,22). The molecular formula is C17H20F3NO5. The topological polar surface area (TPSA) is 73.9 Å². The molecule has 1 amide bonds. The van der Waals surface area contributed by atoms with Gasteiger partial charge in [-0.3, -0.25) is 4.79 Å². The average Bonchev–Trinajstić information content (AvgIpc) is 2.56. The van der Waals surface area contributed by atoms with Gasteiger partial charge in [0.1, 0.15) is 5.75 Å². The molecule has 0 fully saturated rings. The molecule has 0 aromatic heterocycles. The lowest BCUT2D eigenvalue weighted by Gasteiger charge is -2.16. The molecule has 0 saturated carbocycles. The van der Waals surface area contributed by atoms with Gasteiger partial charge in [-0.1, -0.05) is 18.2 Å². The Balaban J connectivity index is 2.46. The van der Waals surface area contributed by atoms with Crippen LogP contribution in [0.5, 0.6) is 5.75 Å². The molecule has 9 heteroatoms. The van der Waals surface area contributed by atoms with E-state index in [1.165, 1.54) is 25.1 Å². The summed E-state index contributed by atoms with van der Waals surface area (Å²) in [6, 6.07) is 4.57. The fraction of sp³-hybridized carbons (Fsp3) is 0.412. The zero-order chi connectivity index (χ0) is 19.7. The maximum atomic E-state index is 12.1. The third kappa shape index (κ3) is 8.02. The zero-order valence-electron chi connectivity index (χ0n) is 14.3. The number of alkyl halides is 3. The minimum atomic E-state index is -4.77. The summed E-state index contributed by atoms with van der Waals surface area (Å²) in [5.74, 6) is -1.61. The summed E-state index contributed by atoms with van der Waals surface area (Å²) in [4.78, 5) is 23.4. The highest BCUT2D eigenvalue weighted by Gasteiger charge is 2.31. The molecule has 0 spiro atoms. The van der Waals surface area contributed by atoms with Gasteiger partial charge >= 0.3 is 12.3 Å². The molecule has 0 radical (unpaired) electrons. The first-order valence-electron chi connectivity index (χ1n) is 7.66. The van der Waals surface area contributed by atoms with Crippen LogP contribution in [0.3, 0.4) is 0 Å². The van der Waals surface area contributed by atoms with Gasteiger partial charge in [-0.05, 0) is 31.5 Å². The van der Waals surface area contributed by atoms with E-state index in [0.29, 0.717) is 5.56 Å². The van der Waals surface area contributed by atoms with E-state index in [9.17, 15) is 22.8 Å². The Morgan fingerprint density at radius 2 is 1.85 bits per heavy atom. The molecule has 1 rings (SSSR count). The van der Waals surface area contributed by atoms with Gasteiger partial charge in [0, 0.05) is 0 Å². The van der Waals surface area contributed by atoms with E-state index in [-0.39, 0.29) is 12.4 Å². The molecule has 144 valence electrons. The van der Waals surface area contributed by atoms with E-state index in [2.05, 4.69) is 16.6 Å². The Labute approximate surface area is 148 Å². The first-order chi connectivity index (χ1) is 12.1. The van der Waals surface area contributed by atoms with Gasteiger partial charge in [-0.15, -0.1) is 19.8 Å². The number of carbonyl (C=O) groups is 2. The minimum Gasteiger partial charge on any atom is -0.454 e. The second kappa shape index (κ2) is 9.81. The van der Waals surface area contributed by atoms with Crippen LogP contribution in [-0.4, -0.2) is 37.6 Å². The fourth-order valence-electron chi connectivity index (χ4n) is 1.86. The summed E-state index contributed by atoms with van der Waals surface area (Å²) < 4.78 is 50.0. The predicted molar refractivity (Wildman–Crippen MR) is 86.3 cm³/mol. The first kappa shape index (κ1) is 21.5. The number of hydrogen-bond acceptors (Lipinski definition) is 5. The van der Waals surface area contributed by atoms with Crippen molar-refractivity contribution in [3.05, 3.63) is 42.5 Å². The lowest BCUT2D eigenvalue weighted by molar-refractivity contribution is -0.274. The summed E-state index contributed by atoms with van der Waals surface area (Å²) in [6.45, 7) is 6.24. The predicted octanol–water partition coefficient (Wildman–Crippen LogP) is 2.90. The molecule has 0 heterocycles. The minimum absolute atomic E-state index is 0.174. The molecule has 2 atom stereocenters. The van der Waals surface area contributed by atoms with Crippen LogP contribution in [0.4, 0.5) is 13.2 Å². The molecule has 6 nitrogen and oxygen atoms in total. The number of ether oxygens (including phenoxy) is 3. The lowest BCUT2D eigenvalue weighted by Crippen LogP contribution is -2.33. The van der Waals surface area contributed by atoms with Gasteiger partial charge in [-0.2, -0.15) is 0 Å². The third-order valence-electron chi connectivity index (χ3n) is 3.13. The van der Waals surface area contributed by atoms with Crippen LogP contribution in [0.1, 0.15) is 25.5 Å². The number of hydrogen-bond donors (Lipinski definition) is 1. The van der Waals surface area contributed by atoms with E-state index >= 15 is 0 Å². The third-order valence-corrected chi connectivity index (χ3v) is 3.13. The molecule has 1 N–H and O–H groups in total. The summed E-state index contributed by atoms with van der Waals surface area (Å²) >= 11 is 0. The maximum absolute atomic E-state index is 12.1. The molecule has 0 bridgehead atoms.